The van der Waals surface area contributed by atoms with Crippen LogP contribution in [0.25, 0.3) is 0 Å². The number of sulfonamides is 1. The van der Waals surface area contributed by atoms with Gasteiger partial charge >= 0.3 is 0 Å². The van der Waals surface area contributed by atoms with Crippen LogP contribution in [-0.4, -0.2) is 18.4 Å². The summed E-state index contributed by atoms with van der Waals surface area (Å²) in [5.74, 6) is 0.0868. The number of nitrogen functional groups attached to an aromatic ring is 1. The average molecular weight is 364 g/mol. The standard InChI is InChI=1S/C10H8BrClN4O2S/c11-7-5-6(13)1-2-8(7)19(17,18)16-9-3-4-14-10(12)15-9/h1-5H,13H2,(H,14,15,16). The number of aromatic nitrogens is 2. The molecule has 0 saturated carbocycles. The van der Waals surface area contributed by atoms with Gasteiger partial charge in [-0.25, -0.2) is 13.4 Å². The molecule has 2 rings (SSSR count). The van der Waals surface area contributed by atoms with Gasteiger partial charge in [0.15, 0.2) is 0 Å². The van der Waals surface area contributed by atoms with E-state index >= 15 is 0 Å². The minimum absolute atomic E-state index is 0.0448. The molecule has 0 bridgehead atoms. The normalized spacial score (nSPS) is 11.3. The molecule has 1 aromatic carbocycles. The molecule has 0 aliphatic rings. The maximum atomic E-state index is 12.2. The van der Waals surface area contributed by atoms with Gasteiger partial charge in [0.1, 0.15) is 10.7 Å². The first kappa shape index (κ1) is 14.0. The number of hydrogen-bond acceptors (Lipinski definition) is 5. The van der Waals surface area contributed by atoms with Crippen molar-refractivity contribution in [1.82, 2.24) is 9.97 Å². The van der Waals surface area contributed by atoms with Crippen LogP contribution in [-0.2, 0) is 10.0 Å². The Bertz CT molecular complexity index is 723. The number of nitrogens with zero attached hydrogens (tertiary/aromatic N) is 2. The predicted molar refractivity (Wildman–Crippen MR) is 76.4 cm³/mol. The molecule has 1 aromatic heterocycles. The Labute approximate surface area is 123 Å². The Hall–Kier alpha value is -1.38. The van der Waals surface area contributed by atoms with E-state index in [4.69, 9.17) is 17.3 Å². The molecule has 6 nitrogen and oxygen atoms in total. The molecule has 2 aromatic rings. The van der Waals surface area contributed by atoms with Crippen LogP contribution in [0, 0.1) is 0 Å². The molecule has 0 spiro atoms. The van der Waals surface area contributed by atoms with Crippen molar-refractivity contribution in [3.05, 3.63) is 40.2 Å². The van der Waals surface area contributed by atoms with Crippen molar-refractivity contribution in [3.63, 3.8) is 0 Å². The SMILES string of the molecule is Nc1ccc(S(=O)(=O)Nc2ccnc(Cl)n2)c(Br)c1. The quantitative estimate of drug-likeness (QED) is 0.644. The molecule has 100 valence electrons. The number of nitrogens with one attached hydrogen (secondary N) is 1. The van der Waals surface area contributed by atoms with Gasteiger partial charge in [-0.1, -0.05) is 0 Å². The summed E-state index contributed by atoms with van der Waals surface area (Å²) in [6.07, 6.45) is 1.35. The van der Waals surface area contributed by atoms with Gasteiger partial charge in [0, 0.05) is 16.4 Å². The highest BCUT2D eigenvalue weighted by molar-refractivity contribution is 9.10. The lowest BCUT2D eigenvalue weighted by atomic mass is 10.3. The summed E-state index contributed by atoms with van der Waals surface area (Å²) in [5, 5.41) is -0.0448. The van der Waals surface area contributed by atoms with Gasteiger partial charge in [-0.15, -0.1) is 0 Å². The highest BCUT2D eigenvalue weighted by Gasteiger charge is 2.18. The zero-order valence-corrected chi connectivity index (χ0v) is 12.5. The zero-order chi connectivity index (χ0) is 14.0. The molecule has 0 saturated heterocycles. The van der Waals surface area contributed by atoms with Crippen LogP contribution in [0.15, 0.2) is 39.8 Å². The van der Waals surface area contributed by atoms with Crippen LogP contribution in [0.5, 0.6) is 0 Å². The van der Waals surface area contributed by atoms with Crippen molar-refractivity contribution in [1.29, 1.82) is 0 Å². The molecular formula is C10H8BrClN4O2S. The smallest absolute Gasteiger partial charge is 0.264 e. The zero-order valence-electron chi connectivity index (χ0n) is 9.34. The average Bonchev–Trinajstić information content (AvgIpc) is 2.27. The molecule has 1 heterocycles. The number of rotatable bonds is 3. The number of hydrogen-bond donors (Lipinski definition) is 2. The summed E-state index contributed by atoms with van der Waals surface area (Å²) in [6.45, 7) is 0. The molecule has 3 N–H and O–H groups in total. The Morgan fingerprint density at radius 1 is 1.32 bits per heavy atom. The molecule has 0 unspecified atom stereocenters. The highest BCUT2D eigenvalue weighted by atomic mass is 79.9. The molecule has 0 fully saturated rings. The lowest BCUT2D eigenvalue weighted by molar-refractivity contribution is 0.600. The van der Waals surface area contributed by atoms with Crippen molar-refractivity contribution in [3.8, 4) is 0 Å². The van der Waals surface area contributed by atoms with Gasteiger partial charge in [-0.3, -0.25) is 4.72 Å². The summed E-state index contributed by atoms with van der Waals surface area (Å²) < 4.78 is 27.0. The summed E-state index contributed by atoms with van der Waals surface area (Å²) in [6, 6.07) is 5.78. The van der Waals surface area contributed by atoms with Crippen LogP contribution in [0.2, 0.25) is 5.28 Å². The molecule has 0 amide bonds. The van der Waals surface area contributed by atoms with Crippen molar-refractivity contribution in [2.45, 2.75) is 4.90 Å². The maximum Gasteiger partial charge on any atom is 0.264 e. The first-order valence-corrected chi connectivity index (χ1v) is 7.60. The Balaban J connectivity index is 2.38. The number of halogens is 2. The Kier molecular flexibility index (Phi) is 3.93. The van der Waals surface area contributed by atoms with E-state index in [1.807, 2.05) is 0 Å². The maximum absolute atomic E-state index is 12.2. The second-order valence-corrected chi connectivity index (χ2v) is 6.35. The third-order valence-corrected chi connectivity index (χ3v) is 4.62. The van der Waals surface area contributed by atoms with E-state index in [-0.39, 0.29) is 16.0 Å². The summed E-state index contributed by atoms with van der Waals surface area (Å²) in [5.41, 5.74) is 6.01. The molecule has 19 heavy (non-hydrogen) atoms. The van der Waals surface area contributed by atoms with Gasteiger partial charge in [0.05, 0.1) is 0 Å². The lowest BCUT2D eigenvalue weighted by Crippen LogP contribution is -2.14. The topological polar surface area (TPSA) is 98.0 Å². The molecule has 0 aliphatic heterocycles. The number of nitrogens with two attached hydrogens (primary N) is 1. The minimum Gasteiger partial charge on any atom is -0.399 e. The fourth-order valence-corrected chi connectivity index (χ4v) is 3.56. The van der Waals surface area contributed by atoms with E-state index in [1.54, 1.807) is 0 Å². The number of benzene rings is 1. The third kappa shape index (κ3) is 3.34. The molecule has 0 atom stereocenters. The van der Waals surface area contributed by atoms with Crippen molar-refractivity contribution < 1.29 is 8.42 Å². The van der Waals surface area contributed by atoms with E-state index < -0.39 is 10.0 Å². The fourth-order valence-electron chi connectivity index (χ4n) is 1.32. The summed E-state index contributed by atoms with van der Waals surface area (Å²) in [4.78, 5) is 7.47. The molecule has 0 aliphatic carbocycles. The van der Waals surface area contributed by atoms with E-state index in [2.05, 4.69) is 30.6 Å². The molecule has 9 heteroatoms. The van der Waals surface area contributed by atoms with Gasteiger partial charge in [-0.2, -0.15) is 4.98 Å². The molecular weight excluding hydrogens is 356 g/mol. The van der Waals surface area contributed by atoms with E-state index in [0.717, 1.165) is 0 Å². The van der Waals surface area contributed by atoms with Crippen LogP contribution in [0.1, 0.15) is 0 Å². The van der Waals surface area contributed by atoms with Crippen LogP contribution < -0.4 is 10.5 Å². The second kappa shape index (κ2) is 5.32. The van der Waals surface area contributed by atoms with Crippen LogP contribution >= 0.6 is 27.5 Å². The second-order valence-electron chi connectivity index (χ2n) is 3.51. The van der Waals surface area contributed by atoms with Crippen LogP contribution in [0.3, 0.4) is 0 Å². The fraction of sp³-hybridized carbons (Fsp3) is 0. The Morgan fingerprint density at radius 2 is 2.05 bits per heavy atom. The third-order valence-electron chi connectivity index (χ3n) is 2.11. The minimum atomic E-state index is -3.78. The van der Waals surface area contributed by atoms with E-state index in [1.165, 1.54) is 30.5 Å². The van der Waals surface area contributed by atoms with E-state index in [9.17, 15) is 8.42 Å². The van der Waals surface area contributed by atoms with Gasteiger partial charge in [0.2, 0.25) is 5.28 Å². The van der Waals surface area contributed by atoms with Crippen molar-refractivity contribution in [2.24, 2.45) is 0 Å². The van der Waals surface area contributed by atoms with Gasteiger partial charge in [0.25, 0.3) is 10.0 Å². The van der Waals surface area contributed by atoms with Crippen molar-refractivity contribution in [2.75, 3.05) is 10.5 Å². The van der Waals surface area contributed by atoms with Gasteiger partial charge < -0.3 is 5.73 Å². The Morgan fingerprint density at radius 3 is 2.68 bits per heavy atom. The first-order chi connectivity index (χ1) is 8.88. The molecule has 0 radical (unpaired) electrons. The summed E-state index contributed by atoms with van der Waals surface area (Å²) in [7, 11) is -3.78. The monoisotopic (exact) mass is 362 g/mol. The first-order valence-electron chi connectivity index (χ1n) is 4.95. The lowest BCUT2D eigenvalue weighted by Gasteiger charge is -2.09. The van der Waals surface area contributed by atoms with Gasteiger partial charge in [-0.05, 0) is 51.8 Å². The highest BCUT2D eigenvalue weighted by Crippen LogP contribution is 2.25. The number of anilines is 2. The van der Waals surface area contributed by atoms with Crippen molar-refractivity contribution >= 4 is 49.1 Å². The predicted octanol–water partition coefficient (Wildman–Crippen LogP) is 2.28. The van der Waals surface area contributed by atoms with E-state index in [0.29, 0.717) is 10.2 Å². The summed E-state index contributed by atoms with van der Waals surface area (Å²) >= 11 is 8.74. The largest absolute Gasteiger partial charge is 0.399 e. The van der Waals surface area contributed by atoms with Crippen LogP contribution in [0.4, 0.5) is 11.5 Å².